The monoisotopic (exact) mass is 214 g/mol. The van der Waals surface area contributed by atoms with Gasteiger partial charge in [0.1, 0.15) is 0 Å². The molecule has 6 N–H and O–H groups in total. The van der Waals surface area contributed by atoms with E-state index in [1.165, 1.54) is 0 Å². The van der Waals surface area contributed by atoms with Crippen molar-refractivity contribution in [1.82, 2.24) is 4.90 Å². The molecular weight excluding hydrogens is 192 g/mol. The van der Waals surface area contributed by atoms with Crippen LogP contribution < -0.4 is 17.2 Å². The molecule has 1 unspecified atom stereocenters. The van der Waals surface area contributed by atoms with Crippen molar-refractivity contribution in [3.8, 4) is 0 Å². The van der Waals surface area contributed by atoms with Gasteiger partial charge in [-0.25, -0.2) is 0 Å². The molecule has 0 rings (SSSR count). The van der Waals surface area contributed by atoms with Gasteiger partial charge in [-0.1, -0.05) is 6.92 Å². The minimum absolute atomic E-state index is 0.0634. The number of aliphatic imine (C=N–C) groups is 2. The highest BCUT2D eigenvalue weighted by molar-refractivity contribution is 5.92. The second-order valence-corrected chi connectivity index (χ2v) is 3.51. The smallest absolute Gasteiger partial charge is 0.218 e. The molecule has 0 saturated carbocycles. The lowest BCUT2D eigenvalue weighted by Gasteiger charge is -2.22. The SMILES string of the molecule is CCC(C)N(C)CCN=C(N)N=C(N)N. The summed E-state index contributed by atoms with van der Waals surface area (Å²) < 4.78 is 0. The van der Waals surface area contributed by atoms with Gasteiger partial charge in [0.15, 0.2) is 5.96 Å². The standard InChI is InChI=1S/C9H22N6/c1-4-7(2)15(3)6-5-13-9(12)14-8(10)11/h7H,4-6H2,1-3H3,(H6,10,11,12,13,14). The minimum atomic E-state index is -0.0634. The van der Waals surface area contributed by atoms with Gasteiger partial charge in [-0.05, 0) is 20.4 Å². The van der Waals surface area contributed by atoms with E-state index in [0.29, 0.717) is 12.6 Å². The second-order valence-electron chi connectivity index (χ2n) is 3.51. The van der Waals surface area contributed by atoms with Gasteiger partial charge in [-0.3, -0.25) is 4.99 Å². The van der Waals surface area contributed by atoms with Crippen LogP contribution in [0.5, 0.6) is 0 Å². The predicted molar refractivity (Wildman–Crippen MR) is 64.7 cm³/mol. The number of likely N-dealkylation sites (N-methyl/N-ethyl adjacent to an activating group) is 1. The van der Waals surface area contributed by atoms with E-state index in [4.69, 9.17) is 17.2 Å². The van der Waals surface area contributed by atoms with Crippen LogP contribution in [0, 0.1) is 0 Å². The molecule has 6 nitrogen and oxygen atoms in total. The molecular formula is C9H22N6. The fourth-order valence-corrected chi connectivity index (χ4v) is 1.02. The first-order valence-electron chi connectivity index (χ1n) is 5.07. The molecule has 88 valence electrons. The third kappa shape index (κ3) is 6.73. The van der Waals surface area contributed by atoms with Crippen LogP contribution in [-0.4, -0.2) is 43.0 Å². The first-order valence-corrected chi connectivity index (χ1v) is 5.07. The summed E-state index contributed by atoms with van der Waals surface area (Å²) in [6.45, 7) is 5.76. The van der Waals surface area contributed by atoms with Crippen molar-refractivity contribution in [1.29, 1.82) is 0 Å². The van der Waals surface area contributed by atoms with E-state index in [2.05, 4.69) is 35.8 Å². The molecule has 0 fully saturated rings. The molecule has 0 aromatic carbocycles. The summed E-state index contributed by atoms with van der Waals surface area (Å²) in [6.07, 6.45) is 1.11. The average molecular weight is 214 g/mol. The fraction of sp³-hybridized carbons (Fsp3) is 0.778. The average Bonchev–Trinajstić information content (AvgIpc) is 2.15. The molecule has 0 aliphatic rings. The van der Waals surface area contributed by atoms with Gasteiger partial charge in [0.2, 0.25) is 5.96 Å². The molecule has 0 saturated heterocycles. The Morgan fingerprint density at radius 3 is 2.40 bits per heavy atom. The van der Waals surface area contributed by atoms with Gasteiger partial charge >= 0.3 is 0 Å². The van der Waals surface area contributed by atoms with Crippen molar-refractivity contribution >= 4 is 11.9 Å². The van der Waals surface area contributed by atoms with Crippen LogP contribution >= 0.6 is 0 Å². The lowest BCUT2D eigenvalue weighted by Crippen LogP contribution is -2.31. The Hall–Kier alpha value is -1.30. The number of rotatable bonds is 5. The van der Waals surface area contributed by atoms with Crippen LogP contribution in [0.3, 0.4) is 0 Å². The molecule has 0 heterocycles. The van der Waals surface area contributed by atoms with Gasteiger partial charge in [0, 0.05) is 12.6 Å². The number of guanidine groups is 2. The van der Waals surface area contributed by atoms with Crippen molar-refractivity contribution in [2.45, 2.75) is 26.3 Å². The van der Waals surface area contributed by atoms with Crippen molar-refractivity contribution in [2.75, 3.05) is 20.1 Å². The molecule has 0 aliphatic carbocycles. The topological polar surface area (TPSA) is 106 Å². The first kappa shape index (κ1) is 13.7. The third-order valence-corrected chi connectivity index (χ3v) is 2.31. The minimum Gasteiger partial charge on any atom is -0.370 e. The highest BCUT2D eigenvalue weighted by Gasteiger charge is 2.04. The third-order valence-electron chi connectivity index (χ3n) is 2.31. The van der Waals surface area contributed by atoms with E-state index < -0.39 is 0 Å². The van der Waals surface area contributed by atoms with E-state index in [0.717, 1.165) is 13.0 Å². The van der Waals surface area contributed by atoms with Crippen molar-refractivity contribution in [2.24, 2.45) is 27.2 Å². The number of hydrogen-bond donors (Lipinski definition) is 3. The van der Waals surface area contributed by atoms with Crippen molar-refractivity contribution < 1.29 is 0 Å². The predicted octanol–water partition coefficient (Wildman–Crippen LogP) is -0.695. The van der Waals surface area contributed by atoms with Crippen molar-refractivity contribution in [3.63, 3.8) is 0 Å². The molecule has 0 radical (unpaired) electrons. The van der Waals surface area contributed by atoms with E-state index in [1.54, 1.807) is 0 Å². The maximum Gasteiger partial charge on any atom is 0.218 e. The molecule has 0 aromatic heterocycles. The lowest BCUT2D eigenvalue weighted by atomic mass is 10.2. The molecule has 0 amide bonds. The second kappa shape index (κ2) is 7.05. The summed E-state index contributed by atoms with van der Waals surface area (Å²) in [4.78, 5) is 9.86. The molecule has 0 aromatic rings. The Kier molecular flexibility index (Phi) is 6.44. The Morgan fingerprint density at radius 1 is 1.33 bits per heavy atom. The molecule has 0 aliphatic heterocycles. The highest BCUT2D eigenvalue weighted by atomic mass is 15.1. The quantitative estimate of drug-likeness (QED) is 0.416. The summed E-state index contributed by atoms with van der Waals surface area (Å²) in [6, 6.07) is 0.546. The Balaban J connectivity index is 3.92. The molecule has 0 bridgehead atoms. The Morgan fingerprint density at radius 2 is 1.93 bits per heavy atom. The fourth-order valence-electron chi connectivity index (χ4n) is 1.02. The van der Waals surface area contributed by atoms with Crippen LogP contribution in [0.25, 0.3) is 0 Å². The van der Waals surface area contributed by atoms with Gasteiger partial charge in [0.25, 0.3) is 0 Å². The van der Waals surface area contributed by atoms with Gasteiger partial charge in [0.05, 0.1) is 6.54 Å². The van der Waals surface area contributed by atoms with Crippen LogP contribution in [0.2, 0.25) is 0 Å². The van der Waals surface area contributed by atoms with E-state index in [1.807, 2.05) is 0 Å². The largest absolute Gasteiger partial charge is 0.370 e. The molecule has 15 heavy (non-hydrogen) atoms. The summed E-state index contributed by atoms with van der Waals surface area (Å²) in [5.74, 6) is 0.0686. The van der Waals surface area contributed by atoms with Crippen molar-refractivity contribution in [3.05, 3.63) is 0 Å². The maximum atomic E-state index is 5.45. The Labute approximate surface area is 91.2 Å². The summed E-state index contributed by atoms with van der Waals surface area (Å²) >= 11 is 0. The van der Waals surface area contributed by atoms with Gasteiger partial charge in [-0.2, -0.15) is 4.99 Å². The van der Waals surface area contributed by atoms with Gasteiger partial charge in [-0.15, -0.1) is 0 Å². The van der Waals surface area contributed by atoms with E-state index in [-0.39, 0.29) is 11.9 Å². The summed E-state index contributed by atoms with van der Waals surface area (Å²) in [5.41, 5.74) is 15.8. The van der Waals surface area contributed by atoms with E-state index >= 15 is 0 Å². The lowest BCUT2D eigenvalue weighted by molar-refractivity contribution is 0.259. The number of nitrogens with two attached hydrogens (primary N) is 3. The van der Waals surface area contributed by atoms with Crippen LogP contribution in [-0.2, 0) is 0 Å². The molecule has 0 spiro atoms. The summed E-state index contributed by atoms with van der Waals surface area (Å²) in [5, 5.41) is 0. The first-order chi connectivity index (χ1) is 6.97. The summed E-state index contributed by atoms with van der Waals surface area (Å²) in [7, 11) is 2.06. The van der Waals surface area contributed by atoms with Crippen LogP contribution in [0.4, 0.5) is 0 Å². The zero-order chi connectivity index (χ0) is 11.8. The van der Waals surface area contributed by atoms with E-state index in [9.17, 15) is 0 Å². The highest BCUT2D eigenvalue weighted by Crippen LogP contribution is 1.98. The normalized spacial score (nSPS) is 14.0. The maximum absolute atomic E-state index is 5.45. The molecule has 6 heteroatoms. The van der Waals surface area contributed by atoms with Gasteiger partial charge < -0.3 is 22.1 Å². The number of hydrogen-bond acceptors (Lipinski definition) is 2. The number of nitrogens with zero attached hydrogens (tertiary/aromatic N) is 3. The zero-order valence-corrected chi connectivity index (χ0v) is 9.77. The Bertz CT molecular complexity index is 231. The molecule has 1 atom stereocenters. The van der Waals surface area contributed by atoms with Crippen LogP contribution in [0.1, 0.15) is 20.3 Å². The van der Waals surface area contributed by atoms with Crippen LogP contribution in [0.15, 0.2) is 9.98 Å². The zero-order valence-electron chi connectivity index (χ0n) is 9.77.